The van der Waals surface area contributed by atoms with Gasteiger partial charge in [0, 0.05) is 29.2 Å². The Morgan fingerprint density at radius 2 is 1.86 bits per heavy atom. The number of nitrogens with one attached hydrogen (secondary N) is 1. The van der Waals surface area contributed by atoms with Crippen molar-refractivity contribution in [3.05, 3.63) is 88.9 Å². The summed E-state index contributed by atoms with van der Waals surface area (Å²) in [5.41, 5.74) is 4.94. The lowest BCUT2D eigenvalue weighted by atomic mass is 10.1. The van der Waals surface area contributed by atoms with Gasteiger partial charge in [-0.05, 0) is 48.9 Å². The van der Waals surface area contributed by atoms with Gasteiger partial charge < -0.3 is 14.4 Å². The van der Waals surface area contributed by atoms with Crippen LogP contribution in [0.25, 0.3) is 0 Å². The van der Waals surface area contributed by atoms with Crippen molar-refractivity contribution in [1.82, 2.24) is 5.43 Å². The molecule has 3 aromatic carbocycles. The Hall–Kier alpha value is -3.84. The predicted octanol–water partition coefficient (Wildman–Crippen LogP) is 4.82. The molecule has 0 spiro atoms. The fourth-order valence-electron chi connectivity index (χ4n) is 3.77. The third-order valence-corrected chi connectivity index (χ3v) is 5.93. The molecule has 8 heteroatoms. The van der Waals surface area contributed by atoms with E-state index in [4.69, 9.17) is 21.1 Å². The van der Waals surface area contributed by atoms with E-state index in [1.807, 2.05) is 67.6 Å². The maximum absolute atomic E-state index is 12.6. The van der Waals surface area contributed by atoms with Crippen LogP contribution in [-0.4, -0.2) is 31.2 Å². The van der Waals surface area contributed by atoms with Crippen LogP contribution in [0.3, 0.4) is 0 Å². The number of amides is 2. The fourth-order valence-corrected chi connectivity index (χ4v) is 3.96. The molecule has 0 aromatic heterocycles. The number of nitrogens with zero attached hydrogens (tertiary/aromatic N) is 2. The molecule has 180 valence electrons. The first-order chi connectivity index (χ1) is 17.0. The normalized spacial score (nSPS) is 15.4. The van der Waals surface area contributed by atoms with Gasteiger partial charge in [-0.2, -0.15) is 5.10 Å². The molecular weight excluding hydrogens is 466 g/mol. The molecule has 1 atom stereocenters. The Morgan fingerprint density at radius 1 is 1.09 bits per heavy atom. The molecule has 4 rings (SSSR count). The van der Waals surface area contributed by atoms with Gasteiger partial charge in [0.2, 0.25) is 11.8 Å². The molecule has 0 unspecified atom stereocenters. The van der Waals surface area contributed by atoms with Crippen LogP contribution in [0.15, 0.2) is 77.9 Å². The number of anilines is 1. The van der Waals surface area contributed by atoms with Gasteiger partial charge in [-0.3, -0.25) is 9.59 Å². The summed E-state index contributed by atoms with van der Waals surface area (Å²) in [7, 11) is 0. The zero-order valence-electron chi connectivity index (χ0n) is 19.3. The van der Waals surface area contributed by atoms with Crippen molar-refractivity contribution in [1.29, 1.82) is 0 Å². The van der Waals surface area contributed by atoms with Crippen LogP contribution in [0.2, 0.25) is 5.02 Å². The predicted molar refractivity (Wildman–Crippen MR) is 136 cm³/mol. The lowest BCUT2D eigenvalue weighted by Crippen LogP contribution is -2.30. The van der Waals surface area contributed by atoms with Crippen molar-refractivity contribution in [3.63, 3.8) is 0 Å². The molecule has 0 radical (unpaired) electrons. The SMILES string of the molecule is CCOc1cc(/C=N\NC(=O)[C@@H]2CC(=O)N(c3ccccc3)C2)ccc1OCc1ccccc1Cl. The van der Waals surface area contributed by atoms with Gasteiger partial charge in [0.15, 0.2) is 11.5 Å². The zero-order chi connectivity index (χ0) is 24.6. The third kappa shape index (κ3) is 6.19. The van der Waals surface area contributed by atoms with Crippen molar-refractivity contribution in [2.24, 2.45) is 11.0 Å². The first-order valence-electron chi connectivity index (χ1n) is 11.4. The summed E-state index contributed by atoms with van der Waals surface area (Å²) >= 11 is 6.21. The van der Waals surface area contributed by atoms with E-state index >= 15 is 0 Å². The highest BCUT2D eigenvalue weighted by Gasteiger charge is 2.35. The van der Waals surface area contributed by atoms with Gasteiger partial charge in [-0.15, -0.1) is 0 Å². The second-order valence-electron chi connectivity index (χ2n) is 7.99. The largest absolute Gasteiger partial charge is 0.490 e. The van der Waals surface area contributed by atoms with Crippen LogP contribution < -0.4 is 19.8 Å². The number of halogens is 1. The van der Waals surface area contributed by atoms with Crippen LogP contribution in [0.5, 0.6) is 11.5 Å². The summed E-state index contributed by atoms with van der Waals surface area (Å²) < 4.78 is 11.6. The summed E-state index contributed by atoms with van der Waals surface area (Å²) in [5, 5.41) is 4.72. The minimum atomic E-state index is -0.459. The molecule has 7 nitrogen and oxygen atoms in total. The second kappa shape index (κ2) is 11.5. The number of hydrogen-bond donors (Lipinski definition) is 1. The van der Waals surface area contributed by atoms with Crippen LogP contribution in [0.4, 0.5) is 5.69 Å². The highest BCUT2D eigenvalue weighted by atomic mass is 35.5. The summed E-state index contributed by atoms with van der Waals surface area (Å²) in [6.07, 6.45) is 1.69. The zero-order valence-corrected chi connectivity index (χ0v) is 20.1. The Balaban J connectivity index is 1.36. The van der Waals surface area contributed by atoms with E-state index in [1.165, 1.54) is 6.21 Å². The van der Waals surface area contributed by atoms with Crippen LogP contribution in [0, 0.1) is 5.92 Å². The van der Waals surface area contributed by atoms with Gasteiger partial charge in [-0.25, -0.2) is 5.43 Å². The maximum Gasteiger partial charge on any atom is 0.245 e. The summed E-state index contributed by atoms with van der Waals surface area (Å²) in [6.45, 7) is 2.99. The van der Waals surface area contributed by atoms with E-state index in [0.29, 0.717) is 36.3 Å². The highest BCUT2D eigenvalue weighted by molar-refractivity contribution is 6.31. The summed E-state index contributed by atoms with van der Waals surface area (Å²) in [6, 6.07) is 22.2. The number of hydrogen-bond acceptors (Lipinski definition) is 5. The number of carbonyl (C=O) groups is 2. The first-order valence-corrected chi connectivity index (χ1v) is 11.7. The van der Waals surface area contributed by atoms with E-state index in [9.17, 15) is 9.59 Å². The molecule has 1 aliphatic rings. The average Bonchev–Trinajstić information content (AvgIpc) is 3.27. The standard InChI is InChI=1S/C27H26ClN3O4/c1-2-34-25-14-19(12-13-24(25)35-18-20-8-6-7-11-23(20)28)16-29-30-27(33)21-15-26(32)31(17-21)22-9-4-3-5-10-22/h3-14,16,21H,2,15,17-18H2,1H3,(H,30,33)/b29-16-/t21-/m1/s1. The number of hydrazone groups is 1. The topological polar surface area (TPSA) is 80.2 Å². The number of ether oxygens (including phenoxy) is 2. The van der Waals surface area contributed by atoms with E-state index in [1.54, 1.807) is 17.0 Å². The molecule has 0 aliphatic carbocycles. The van der Waals surface area contributed by atoms with Crippen LogP contribution in [-0.2, 0) is 16.2 Å². The third-order valence-electron chi connectivity index (χ3n) is 5.56. The van der Waals surface area contributed by atoms with E-state index in [2.05, 4.69) is 10.5 Å². The van der Waals surface area contributed by atoms with Crippen molar-refractivity contribution in [2.45, 2.75) is 20.0 Å². The number of rotatable bonds is 9. The molecule has 0 bridgehead atoms. The summed E-state index contributed by atoms with van der Waals surface area (Å²) in [5.74, 6) is 0.319. The molecule has 1 aliphatic heterocycles. The number of carbonyl (C=O) groups excluding carboxylic acids is 2. The van der Waals surface area contributed by atoms with E-state index in [-0.39, 0.29) is 18.2 Å². The maximum atomic E-state index is 12.6. The molecule has 0 saturated carbocycles. The molecule has 35 heavy (non-hydrogen) atoms. The average molecular weight is 492 g/mol. The monoisotopic (exact) mass is 491 g/mol. The minimum absolute atomic E-state index is 0.0749. The molecule has 1 saturated heterocycles. The smallest absolute Gasteiger partial charge is 0.245 e. The van der Waals surface area contributed by atoms with E-state index < -0.39 is 5.92 Å². The van der Waals surface area contributed by atoms with Gasteiger partial charge in [0.25, 0.3) is 0 Å². The van der Waals surface area contributed by atoms with Gasteiger partial charge >= 0.3 is 0 Å². The van der Waals surface area contributed by atoms with E-state index in [0.717, 1.165) is 16.8 Å². The highest BCUT2D eigenvalue weighted by Crippen LogP contribution is 2.30. The number of para-hydroxylation sites is 1. The van der Waals surface area contributed by atoms with Crippen LogP contribution >= 0.6 is 11.6 Å². The molecule has 3 aromatic rings. The summed E-state index contributed by atoms with van der Waals surface area (Å²) in [4.78, 5) is 26.6. The number of benzene rings is 3. The van der Waals surface area contributed by atoms with Gasteiger partial charge in [0.1, 0.15) is 6.61 Å². The van der Waals surface area contributed by atoms with Gasteiger partial charge in [0.05, 0.1) is 18.7 Å². The Labute approximate surface area is 209 Å². The molecule has 1 heterocycles. The molecule has 1 N–H and O–H groups in total. The quantitative estimate of drug-likeness (QED) is 0.344. The van der Waals surface area contributed by atoms with Crippen molar-refractivity contribution >= 4 is 35.3 Å². The minimum Gasteiger partial charge on any atom is -0.490 e. The lowest BCUT2D eigenvalue weighted by Gasteiger charge is -2.16. The second-order valence-corrected chi connectivity index (χ2v) is 8.40. The fraction of sp³-hybridized carbons (Fsp3) is 0.222. The Bertz CT molecular complexity index is 1220. The first kappa shape index (κ1) is 24.3. The Kier molecular flexibility index (Phi) is 8.00. The molecule has 1 fully saturated rings. The van der Waals surface area contributed by atoms with Crippen LogP contribution in [0.1, 0.15) is 24.5 Å². The van der Waals surface area contributed by atoms with Gasteiger partial charge in [-0.1, -0.05) is 48.0 Å². The Morgan fingerprint density at radius 3 is 2.63 bits per heavy atom. The molecular formula is C27H26ClN3O4. The van der Waals surface area contributed by atoms with Crippen molar-refractivity contribution < 1.29 is 19.1 Å². The lowest BCUT2D eigenvalue weighted by molar-refractivity contribution is -0.126. The van der Waals surface area contributed by atoms with Crippen molar-refractivity contribution in [3.8, 4) is 11.5 Å². The van der Waals surface area contributed by atoms with Crippen molar-refractivity contribution in [2.75, 3.05) is 18.1 Å². The molecule has 2 amide bonds.